The van der Waals surface area contributed by atoms with Crippen molar-refractivity contribution in [2.45, 2.75) is 13.8 Å². The van der Waals surface area contributed by atoms with E-state index in [9.17, 15) is 4.21 Å². The fourth-order valence-electron chi connectivity index (χ4n) is 0.329. The largest absolute Gasteiger partial charge is 0.252 e. The number of hydrogen-bond acceptors (Lipinski definition) is 1. The summed E-state index contributed by atoms with van der Waals surface area (Å²) in [7, 11) is -1.10. The maximum Gasteiger partial charge on any atom is 0.0890 e. The van der Waals surface area contributed by atoms with Crippen LogP contribution in [-0.2, 0) is 11.0 Å². The molecule has 0 aromatic heterocycles. The molecule has 0 unspecified atom stereocenters. The molecule has 0 spiro atoms. The monoisotopic (exact) mass is 121 g/mol. The van der Waals surface area contributed by atoms with Crippen LogP contribution in [0.1, 0.15) is 13.8 Å². The zero-order valence-corrected chi connectivity index (χ0v) is 5.49. The maximum absolute atomic E-state index is 10.1. The molecule has 0 heterocycles. The van der Waals surface area contributed by atoms with Gasteiger partial charge in [-0.15, -0.1) is 0 Å². The normalized spacial score (nSPS) is 14.9. The molecular weight excluding hydrogens is 110 g/mol. The van der Waals surface area contributed by atoms with E-state index < -0.39 is 11.0 Å². The highest BCUT2D eigenvalue weighted by Gasteiger charge is 1.94. The van der Waals surface area contributed by atoms with Crippen LogP contribution in [0.3, 0.4) is 0 Å². The third kappa shape index (κ3) is 6.11. The fourth-order valence-corrected chi connectivity index (χ4v) is 0.986. The lowest BCUT2D eigenvalue weighted by molar-refractivity contribution is 0.666. The first-order valence-electron chi connectivity index (χ1n) is 2.25. The molecule has 0 amide bonds. The summed E-state index contributed by atoms with van der Waals surface area (Å²) in [6.45, 7) is 3.98. The van der Waals surface area contributed by atoms with Gasteiger partial charge in [0.05, 0.1) is 11.0 Å². The smallest absolute Gasteiger partial charge is 0.0890 e. The molecule has 1 atom stereocenters. The van der Waals surface area contributed by atoms with Crippen molar-refractivity contribution in [2.24, 2.45) is 11.1 Å². The molecule has 2 N–H and O–H groups in total. The van der Waals surface area contributed by atoms with Crippen molar-refractivity contribution in [1.82, 2.24) is 0 Å². The van der Waals surface area contributed by atoms with Crippen molar-refractivity contribution in [3.05, 3.63) is 0 Å². The van der Waals surface area contributed by atoms with Gasteiger partial charge in [-0.1, -0.05) is 13.8 Å². The van der Waals surface area contributed by atoms with Crippen LogP contribution in [0.4, 0.5) is 0 Å². The minimum absolute atomic E-state index is 0.450. The minimum atomic E-state index is -1.10. The first-order valence-corrected chi connectivity index (χ1v) is 3.64. The molecule has 0 aliphatic carbocycles. The Morgan fingerprint density at radius 1 is 1.71 bits per heavy atom. The van der Waals surface area contributed by atoms with Gasteiger partial charge in [-0.25, -0.2) is 4.21 Å². The van der Waals surface area contributed by atoms with Crippen molar-refractivity contribution < 1.29 is 4.21 Å². The van der Waals surface area contributed by atoms with Crippen LogP contribution in [-0.4, -0.2) is 9.96 Å². The summed E-state index contributed by atoms with van der Waals surface area (Å²) in [6, 6.07) is 0. The molecule has 0 fully saturated rings. The average Bonchev–Trinajstić information content (AvgIpc) is 1.27. The Kier molecular flexibility index (Phi) is 3.21. The van der Waals surface area contributed by atoms with Gasteiger partial charge in [0, 0.05) is 5.75 Å². The van der Waals surface area contributed by atoms with Gasteiger partial charge < -0.3 is 0 Å². The van der Waals surface area contributed by atoms with Crippen LogP contribution in [0.15, 0.2) is 0 Å². The SMILES string of the molecule is CC(C)C[S@](N)=O. The van der Waals surface area contributed by atoms with Crippen LogP contribution < -0.4 is 5.14 Å². The quantitative estimate of drug-likeness (QED) is 0.559. The Labute approximate surface area is 46.7 Å². The zero-order valence-electron chi connectivity index (χ0n) is 4.68. The highest BCUT2D eigenvalue weighted by atomic mass is 32.2. The second-order valence-corrected chi connectivity index (χ2v) is 3.04. The number of nitrogens with two attached hydrogens (primary N) is 1. The van der Waals surface area contributed by atoms with Gasteiger partial charge in [-0.05, 0) is 5.92 Å². The van der Waals surface area contributed by atoms with Gasteiger partial charge in [0.25, 0.3) is 0 Å². The molecule has 0 saturated carbocycles. The van der Waals surface area contributed by atoms with E-state index >= 15 is 0 Å². The van der Waals surface area contributed by atoms with E-state index in [1.54, 1.807) is 0 Å². The summed E-state index contributed by atoms with van der Waals surface area (Å²) in [5.74, 6) is 1.06. The van der Waals surface area contributed by atoms with E-state index in [-0.39, 0.29) is 0 Å². The predicted molar refractivity (Wildman–Crippen MR) is 32.0 cm³/mol. The molecule has 7 heavy (non-hydrogen) atoms. The van der Waals surface area contributed by atoms with Gasteiger partial charge in [0.2, 0.25) is 0 Å². The van der Waals surface area contributed by atoms with Gasteiger partial charge in [-0.3, -0.25) is 5.14 Å². The number of hydrogen-bond donors (Lipinski definition) is 1. The maximum atomic E-state index is 10.1. The third-order valence-electron chi connectivity index (χ3n) is 0.498. The van der Waals surface area contributed by atoms with E-state index in [1.807, 2.05) is 13.8 Å². The summed E-state index contributed by atoms with van der Waals surface area (Å²) < 4.78 is 10.1. The lowest BCUT2D eigenvalue weighted by Crippen LogP contribution is -2.11. The molecule has 0 rings (SSSR count). The van der Waals surface area contributed by atoms with E-state index in [0.717, 1.165) is 0 Å². The molecule has 2 nitrogen and oxygen atoms in total. The molecule has 0 bridgehead atoms. The molecule has 0 aromatic rings. The molecule has 0 radical (unpaired) electrons. The second-order valence-electron chi connectivity index (χ2n) is 1.94. The Hall–Kier alpha value is 0.110. The molecule has 0 aromatic carbocycles. The van der Waals surface area contributed by atoms with E-state index in [0.29, 0.717) is 11.7 Å². The van der Waals surface area contributed by atoms with Crippen LogP contribution in [0.5, 0.6) is 0 Å². The van der Waals surface area contributed by atoms with Crippen LogP contribution in [0.2, 0.25) is 0 Å². The Morgan fingerprint density at radius 3 is 2.14 bits per heavy atom. The predicted octanol–water partition coefficient (Wildman–Crippen LogP) is 0.265. The molecular formula is C4H11NOS. The first kappa shape index (κ1) is 7.11. The van der Waals surface area contributed by atoms with Gasteiger partial charge in [-0.2, -0.15) is 0 Å². The average molecular weight is 121 g/mol. The lowest BCUT2D eigenvalue weighted by atomic mass is 10.3. The molecule has 0 aliphatic heterocycles. The summed E-state index contributed by atoms with van der Waals surface area (Å²) >= 11 is 0. The highest BCUT2D eigenvalue weighted by Crippen LogP contribution is 1.89. The van der Waals surface area contributed by atoms with Gasteiger partial charge in [0.15, 0.2) is 0 Å². The van der Waals surface area contributed by atoms with Crippen molar-refractivity contribution in [3.8, 4) is 0 Å². The Morgan fingerprint density at radius 2 is 2.14 bits per heavy atom. The summed E-state index contributed by atoms with van der Waals surface area (Å²) in [5.41, 5.74) is 0. The highest BCUT2D eigenvalue weighted by molar-refractivity contribution is 7.82. The Bertz CT molecular complexity index is 72.1. The van der Waals surface area contributed by atoms with Crippen LogP contribution >= 0.6 is 0 Å². The summed E-state index contributed by atoms with van der Waals surface area (Å²) in [5, 5.41) is 4.97. The standard InChI is InChI=1S/C4H11NOS/c1-4(2)3-7(5)6/h4H,3,5H2,1-2H3/t7-/m1/s1. The minimum Gasteiger partial charge on any atom is -0.252 e. The second kappa shape index (κ2) is 3.16. The van der Waals surface area contributed by atoms with E-state index in [2.05, 4.69) is 0 Å². The Balaban J connectivity index is 3.13. The van der Waals surface area contributed by atoms with Crippen molar-refractivity contribution >= 4 is 11.0 Å². The lowest BCUT2D eigenvalue weighted by Gasteiger charge is -1.96. The topological polar surface area (TPSA) is 43.1 Å². The number of rotatable bonds is 2. The van der Waals surface area contributed by atoms with E-state index in [4.69, 9.17) is 5.14 Å². The van der Waals surface area contributed by atoms with Crippen molar-refractivity contribution in [2.75, 3.05) is 5.75 Å². The fraction of sp³-hybridized carbons (Fsp3) is 1.00. The molecule has 0 saturated heterocycles. The van der Waals surface area contributed by atoms with E-state index in [1.165, 1.54) is 0 Å². The first-order chi connectivity index (χ1) is 3.13. The van der Waals surface area contributed by atoms with Crippen molar-refractivity contribution in [3.63, 3.8) is 0 Å². The van der Waals surface area contributed by atoms with Gasteiger partial charge in [0.1, 0.15) is 0 Å². The summed E-state index contributed by atoms with van der Waals surface area (Å²) in [6.07, 6.45) is 0. The molecule has 44 valence electrons. The summed E-state index contributed by atoms with van der Waals surface area (Å²) in [4.78, 5) is 0. The van der Waals surface area contributed by atoms with Crippen molar-refractivity contribution in [1.29, 1.82) is 0 Å². The zero-order chi connectivity index (χ0) is 5.86. The molecule has 0 aliphatic rings. The molecule has 3 heteroatoms. The van der Waals surface area contributed by atoms with Crippen LogP contribution in [0, 0.1) is 5.92 Å². The van der Waals surface area contributed by atoms with Crippen LogP contribution in [0.25, 0.3) is 0 Å². The third-order valence-corrected chi connectivity index (χ3v) is 1.49. The van der Waals surface area contributed by atoms with Gasteiger partial charge >= 0.3 is 0 Å².